The van der Waals surface area contributed by atoms with Crippen LogP contribution >= 0.6 is 11.3 Å². The topological polar surface area (TPSA) is 101 Å². The summed E-state index contributed by atoms with van der Waals surface area (Å²) in [6.45, 7) is 2.70. The van der Waals surface area contributed by atoms with E-state index in [-0.39, 0.29) is 16.8 Å². The van der Waals surface area contributed by atoms with Gasteiger partial charge >= 0.3 is 0 Å². The average Bonchev–Trinajstić information content (AvgIpc) is 3.30. The van der Waals surface area contributed by atoms with E-state index in [2.05, 4.69) is 15.5 Å². The van der Waals surface area contributed by atoms with Crippen molar-refractivity contribution >= 4 is 33.0 Å². The third kappa shape index (κ3) is 4.82. The first-order valence-electron chi connectivity index (χ1n) is 10.2. The van der Waals surface area contributed by atoms with Crippen LogP contribution in [0.2, 0.25) is 0 Å². The third-order valence-corrected chi connectivity index (χ3v) is 8.39. The molecular formula is C22H24N4O4S2. The van der Waals surface area contributed by atoms with Crippen molar-refractivity contribution < 1.29 is 17.9 Å². The molecule has 8 nitrogen and oxygen atoms in total. The number of nitrogens with zero attached hydrogens (tertiary/aromatic N) is 3. The molecule has 1 N–H and O–H groups in total. The molecule has 4 rings (SSSR count). The van der Waals surface area contributed by atoms with Crippen LogP contribution in [0.3, 0.4) is 0 Å². The number of hydrogen-bond donors (Lipinski definition) is 1. The number of aryl methyl sites for hydroxylation is 1. The first-order chi connectivity index (χ1) is 15.4. The van der Waals surface area contributed by atoms with Crippen LogP contribution in [0, 0.1) is 6.92 Å². The second-order valence-corrected chi connectivity index (χ2v) is 10.6. The second kappa shape index (κ2) is 9.35. The van der Waals surface area contributed by atoms with Crippen LogP contribution in [0.25, 0.3) is 0 Å². The number of ether oxygens (including phenoxy) is 1. The van der Waals surface area contributed by atoms with E-state index in [0.29, 0.717) is 42.3 Å². The molecule has 0 atom stereocenters. The fraction of sp³-hybridized carbons (Fsp3) is 0.318. The Balaban J connectivity index is 1.37. The maximum absolute atomic E-state index is 12.9. The van der Waals surface area contributed by atoms with Gasteiger partial charge in [-0.25, -0.2) is 8.42 Å². The van der Waals surface area contributed by atoms with Gasteiger partial charge in [0.1, 0.15) is 10.8 Å². The van der Waals surface area contributed by atoms with Gasteiger partial charge in [0, 0.05) is 24.7 Å². The van der Waals surface area contributed by atoms with Crippen LogP contribution in [-0.4, -0.2) is 49.0 Å². The maximum atomic E-state index is 12.9. The molecule has 2 aromatic carbocycles. The van der Waals surface area contributed by atoms with Gasteiger partial charge in [0.15, 0.2) is 0 Å². The summed E-state index contributed by atoms with van der Waals surface area (Å²) < 4.78 is 32.5. The van der Waals surface area contributed by atoms with Crippen LogP contribution in [0.5, 0.6) is 5.75 Å². The second-order valence-electron chi connectivity index (χ2n) is 7.62. The lowest BCUT2D eigenvalue weighted by Crippen LogP contribution is -2.37. The Morgan fingerprint density at radius 1 is 1.12 bits per heavy atom. The number of carbonyl (C=O) groups is 1. The maximum Gasteiger partial charge on any atom is 0.286 e. The van der Waals surface area contributed by atoms with Crippen molar-refractivity contribution in [3.8, 4) is 5.75 Å². The Labute approximate surface area is 191 Å². The zero-order chi connectivity index (χ0) is 22.7. The molecule has 0 aliphatic carbocycles. The minimum atomic E-state index is -3.51. The molecule has 2 heterocycles. The molecule has 0 spiro atoms. The zero-order valence-corrected chi connectivity index (χ0v) is 19.4. The minimum Gasteiger partial charge on any atom is -0.497 e. The normalized spacial score (nSPS) is 15.4. The van der Waals surface area contributed by atoms with Gasteiger partial charge in [0.25, 0.3) is 5.91 Å². The van der Waals surface area contributed by atoms with Crippen LogP contribution in [0.15, 0.2) is 53.4 Å². The molecule has 168 valence electrons. The summed E-state index contributed by atoms with van der Waals surface area (Å²) in [4.78, 5) is 12.8. The molecule has 1 amide bonds. The highest BCUT2D eigenvalue weighted by Crippen LogP contribution is 2.32. The first-order valence-corrected chi connectivity index (χ1v) is 12.5. The van der Waals surface area contributed by atoms with Gasteiger partial charge in [-0.15, -0.1) is 10.2 Å². The van der Waals surface area contributed by atoms with Crippen LogP contribution in [0.1, 0.15) is 39.1 Å². The summed E-state index contributed by atoms with van der Waals surface area (Å²) in [7, 11) is -1.93. The van der Waals surface area contributed by atoms with Crippen LogP contribution in [-0.2, 0) is 10.0 Å². The Morgan fingerprint density at radius 2 is 1.84 bits per heavy atom. The number of amides is 1. The van der Waals surface area contributed by atoms with Crippen molar-refractivity contribution in [2.24, 2.45) is 0 Å². The van der Waals surface area contributed by atoms with E-state index in [4.69, 9.17) is 4.74 Å². The van der Waals surface area contributed by atoms with E-state index in [1.54, 1.807) is 49.6 Å². The lowest BCUT2D eigenvalue weighted by Gasteiger charge is -2.30. The molecule has 0 bridgehead atoms. The predicted molar refractivity (Wildman–Crippen MR) is 123 cm³/mol. The van der Waals surface area contributed by atoms with Gasteiger partial charge in [0.05, 0.1) is 12.0 Å². The summed E-state index contributed by atoms with van der Waals surface area (Å²) in [5.74, 6) is 0.467. The van der Waals surface area contributed by atoms with E-state index in [0.717, 1.165) is 10.6 Å². The van der Waals surface area contributed by atoms with Crippen molar-refractivity contribution in [3.05, 3.63) is 64.1 Å². The molecule has 1 aromatic heterocycles. The molecule has 1 aliphatic rings. The van der Waals surface area contributed by atoms with Gasteiger partial charge in [-0.05, 0) is 61.7 Å². The SMILES string of the molecule is COc1ccc(NC(=O)c2nnc(C3CCN(S(=O)(=O)c4cccc(C)c4)CC3)s2)cc1. The fourth-order valence-electron chi connectivity index (χ4n) is 3.62. The van der Waals surface area contributed by atoms with E-state index >= 15 is 0 Å². The summed E-state index contributed by atoms with van der Waals surface area (Å²) in [6, 6.07) is 14.0. The molecule has 3 aromatic rings. The van der Waals surface area contributed by atoms with Gasteiger partial charge < -0.3 is 10.1 Å². The number of benzene rings is 2. The number of methoxy groups -OCH3 is 1. The Kier molecular flexibility index (Phi) is 6.54. The highest BCUT2D eigenvalue weighted by molar-refractivity contribution is 7.89. The number of aromatic nitrogens is 2. The Hall–Kier alpha value is -2.82. The number of hydrogen-bond acceptors (Lipinski definition) is 7. The number of rotatable bonds is 6. The van der Waals surface area contributed by atoms with Crippen molar-refractivity contribution in [1.29, 1.82) is 0 Å². The van der Waals surface area contributed by atoms with Crippen molar-refractivity contribution in [3.63, 3.8) is 0 Å². The van der Waals surface area contributed by atoms with Crippen LogP contribution in [0.4, 0.5) is 5.69 Å². The summed E-state index contributed by atoms with van der Waals surface area (Å²) in [6.07, 6.45) is 1.28. The van der Waals surface area contributed by atoms with Gasteiger partial charge in [-0.1, -0.05) is 23.5 Å². The number of carbonyl (C=O) groups excluding carboxylic acids is 1. The van der Waals surface area contributed by atoms with Gasteiger partial charge in [-0.2, -0.15) is 4.31 Å². The minimum absolute atomic E-state index is 0.0824. The average molecular weight is 473 g/mol. The summed E-state index contributed by atoms with van der Waals surface area (Å²) in [5, 5.41) is 12.1. The zero-order valence-electron chi connectivity index (χ0n) is 17.8. The molecule has 10 heteroatoms. The smallest absolute Gasteiger partial charge is 0.286 e. The molecular weight excluding hydrogens is 448 g/mol. The molecule has 1 saturated heterocycles. The first kappa shape index (κ1) is 22.4. The monoisotopic (exact) mass is 472 g/mol. The fourth-order valence-corrected chi connectivity index (χ4v) is 6.10. The van der Waals surface area contributed by atoms with E-state index in [1.807, 2.05) is 13.0 Å². The Bertz CT molecular complexity index is 1200. The molecule has 1 aliphatic heterocycles. The Morgan fingerprint density at radius 3 is 2.50 bits per heavy atom. The lowest BCUT2D eigenvalue weighted by molar-refractivity contribution is 0.102. The third-order valence-electron chi connectivity index (χ3n) is 5.41. The molecule has 1 fully saturated rings. The lowest BCUT2D eigenvalue weighted by atomic mass is 9.99. The van der Waals surface area contributed by atoms with Crippen molar-refractivity contribution in [2.45, 2.75) is 30.6 Å². The number of sulfonamides is 1. The van der Waals surface area contributed by atoms with Crippen molar-refractivity contribution in [2.75, 3.05) is 25.5 Å². The largest absolute Gasteiger partial charge is 0.497 e. The van der Waals surface area contributed by atoms with Crippen molar-refractivity contribution in [1.82, 2.24) is 14.5 Å². The van der Waals surface area contributed by atoms with Gasteiger partial charge in [0.2, 0.25) is 15.0 Å². The molecule has 32 heavy (non-hydrogen) atoms. The highest BCUT2D eigenvalue weighted by atomic mass is 32.2. The number of piperidine rings is 1. The predicted octanol–water partition coefficient (Wildman–Crippen LogP) is 3.68. The van der Waals surface area contributed by atoms with Gasteiger partial charge in [-0.3, -0.25) is 4.79 Å². The van der Waals surface area contributed by atoms with Crippen LogP contribution < -0.4 is 10.1 Å². The van der Waals surface area contributed by atoms with E-state index < -0.39 is 10.0 Å². The highest BCUT2D eigenvalue weighted by Gasteiger charge is 2.31. The molecule has 0 saturated carbocycles. The number of anilines is 1. The summed E-state index contributed by atoms with van der Waals surface area (Å²) >= 11 is 1.25. The van der Waals surface area contributed by atoms with E-state index in [9.17, 15) is 13.2 Å². The quantitative estimate of drug-likeness (QED) is 0.587. The van der Waals surface area contributed by atoms with E-state index in [1.165, 1.54) is 15.6 Å². The molecule has 0 radical (unpaired) electrons. The standard InChI is InChI=1S/C22H24N4O4S2/c1-15-4-3-5-19(14-15)32(28,29)26-12-10-16(11-13-26)21-24-25-22(31-21)20(27)23-17-6-8-18(30-2)9-7-17/h3-9,14,16H,10-13H2,1-2H3,(H,23,27). The molecule has 0 unspecified atom stereocenters. The summed E-state index contributed by atoms with van der Waals surface area (Å²) in [5.41, 5.74) is 1.55. The number of nitrogens with one attached hydrogen (secondary N) is 1.